The summed E-state index contributed by atoms with van der Waals surface area (Å²) >= 11 is 0. The summed E-state index contributed by atoms with van der Waals surface area (Å²) in [6, 6.07) is 0. The molecule has 1 atom stereocenters. The molecule has 1 aliphatic rings. The van der Waals surface area contributed by atoms with Crippen LogP contribution in [-0.4, -0.2) is 35.9 Å². The van der Waals surface area contributed by atoms with Crippen LogP contribution in [0.5, 0.6) is 0 Å². The zero-order valence-corrected chi connectivity index (χ0v) is 11.4. The van der Waals surface area contributed by atoms with Gasteiger partial charge in [-0.1, -0.05) is 0 Å². The van der Waals surface area contributed by atoms with Crippen molar-refractivity contribution in [2.45, 2.75) is 20.3 Å². The van der Waals surface area contributed by atoms with E-state index in [-0.39, 0.29) is 24.8 Å². The molecular weight excluding hydrogens is 262 g/mol. The third-order valence-corrected chi connectivity index (χ3v) is 3.16. The molecule has 108 valence electrons. The Kier molecular flexibility index (Phi) is 4.07. The third-order valence-electron chi connectivity index (χ3n) is 3.16. The van der Waals surface area contributed by atoms with Crippen LogP contribution in [0.25, 0.3) is 0 Å². The van der Waals surface area contributed by atoms with Crippen molar-refractivity contribution in [2.24, 2.45) is 5.92 Å². The van der Waals surface area contributed by atoms with E-state index < -0.39 is 11.9 Å². The second kappa shape index (κ2) is 5.77. The van der Waals surface area contributed by atoms with E-state index in [1.54, 1.807) is 20.0 Å². The Labute approximate surface area is 116 Å². The molecule has 0 aromatic carbocycles. The minimum atomic E-state index is -0.484. The highest BCUT2D eigenvalue weighted by Gasteiger charge is 2.29. The first-order valence-electron chi connectivity index (χ1n) is 6.45. The zero-order chi connectivity index (χ0) is 14.7. The minimum Gasteiger partial charge on any atom is -0.462 e. The van der Waals surface area contributed by atoms with Crippen molar-refractivity contribution >= 4 is 23.5 Å². The Hall–Kier alpha value is -2.31. The number of H-pyrrole nitrogens is 1. The number of amides is 2. The predicted molar refractivity (Wildman–Crippen MR) is 71.2 cm³/mol. The van der Waals surface area contributed by atoms with Gasteiger partial charge in [0.2, 0.25) is 11.8 Å². The molecule has 0 aliphatic carbocycles. The quantitative estimate of drug-likeness (QED) is 0.702. The maximum Gasteiger partial charge on any atom is 0.342 e. The molecule has 1 aromatic rings. The van der Waals surface area contributed by atoms with Gasteiger partial charge < -0.3 is 20.4 Å². The summed E-state index contributed by atoms with van der Waals surface area (Å²) < 4.78 is 4.96. The molecule has 0 radical (unpaired) electrons. The number of aryl methyl sites for hydroxylation is 1. The van der Waals surface area contributed by atoms with Gasteiger partial charge in [-0.05, 0) is 13.8 Å². The van der Waals surface area contributed by atoms with E-state index >= 15 is 0 Å². The smallest absolute Gasteiger partial charge is 0.342 e. The SMILES string of the molecule is CCOC(=O)c1c(NC(=O)C2CNC(=O)C2)c[nH]c1C. The summed E-state index contributed by atoms with van der Waals surface area (Å²) in [5, 5.41) is 5.27. The van der Waals surface area contributed by atoms with Gasteiger partial charge in [0, 0.05) is 24.9 Å². The van der Waals surface area contributed by atoms with Crippen molar-refractivity contribution in [1.82, 2.24) is 10.3 Å². The van der Waals surface area contributed by atoms with Gasteiger partial charge in [-0.2, -0.15) is 0 Å². The molecule has 2 rings (SSSR count). The van der Waals surface area contributed by atoms with Crippen LogP contribution in [0.4, 0.5) is 5.69 Å². The summed E-state index contributed by atoms with van der Waals surface area (Å²) in [7, 11) is 0. The molecule has 0 saturated carbocycles. The first-order chi connectivity index (χ1) is 9.52. The zero-order valence-electron chi connectivity index (χ0n) is 11.4. The minimum absolute atomic E-state index is 0.138. The van der Waals surface area contributed by atoms with Crippen molar-refractivity contribution in [3.63, 3.8) is 0 Å². The lowest BCUT2D eigenvalue weighted by molar-refractivity contribution is -0.123. The molecule has 7 heteroatoms. The van der Waals surface area contributed by atoms with Crippen molar-refractivity contribution < 1.29 is 19.1 Å². The first kappa shape index (κ1) is 14.1. The number of hydrogen-bond donors (Lipinski definition) is 3. The van der Waals surface area contributed by atoms with Crippen LogP contribution in [0.2, 0.25) is 0 Å². The standard InChI is InChI=1S/C13H17N3O4/c1-3-20-13(19)11-7(2)14-6-9(11)16-12(18)8-4-10(17)15-5-8/h6,8,14H,3-5H2,1-2H3,(H,15,17)(H,16,18). The summed E-state index contributed by atoms with van der Waals surface area (Å²) in [4.78, 5) is 37.9. The van der Waals surface area contributed by atoms with Gasteiger partial charge in [0.25, 0.3) is 0 Å². The van der Waals surface area contributed by atoms with Crippen LogP contribution >= 0.6 is 0 Å². The second-order valence-electron chi connectivity index (χ2n) is 4.62. The van der Waals surface area contributed by atoms with Gasteiger partial charge >= 0.3 is 5.97 Å². The molecule has 1 unspecified atom stereocenters. The summed E-state index contributed by atoms with van der Waals surface area (Å²) in [6.07, 6.45) is 1.72. The highest BCUT2D eigenvalue weighted by Crippen LogP contribution is 2.22. The molecule has 0 bridgehead atoms. The number of ether oxygens (including phenoxy) is 1. The maximum atomic E-state index is 12.0. The van der Waals surface area contributed by atoms with Crippen molar-refractivity contribution in [3.8, 4) is 0 Å². The monoisotopic (exact) mass is 279 g/mol. The van der Waals surface area contributed by atoms with E-state index in [0.29, 0.717) is 23.5 Å². The third kappa shape index (κ3) is 2.81. The van der Waals surface area contributed by atoms with Crippen LogP contribution in [0.15, 0.2) is 6.20 Å². The Morgan fingerprint density at radius 3 is 2.85 bits per heavy atom. The van der Waals surface area contributed by atoms with Crippen LogP contribution in [0.3, 0.4) is 0 Å². The molecule has 1 aromatic heterocycles. The number of hydrogen-bond acceptors (Lipinski definition) is 4. The summed E-state index contributed by atoms with van der Waals surface area (Å²) in [5.74, 6) is -1.32. The van der Waals surface area contributed by atoms with E-state index in [0.717, 1.165) is 0 Å². The van der Waals surface area contributed by atoms with E-state index in [2.05, 4.69) is 15.6 Å². The number of nitrogens with one attached hydrogen (secondary N) is 3. The average molecular weight is 279 g/mol. The van der Waals surface area contributed by atoms with Crippen molar-refractivity contribution in [1.29, 1.82) is 0 Å². The largest absolute Gasteiger partial charge is 0.462 e. The van der Waals surface area contributed by atoms with Crippen molar-refractivity contribution in [2.75, 3.05) is 18.5 Å². The van der Waals surface area contributed by atoms with E-state index in [1.165, 1.54) is 0 Å². The van der Waals surface area contributed by atoms with Gasteiger partial charge in [0.05, 0.1) is 18.2 Å². The number of esters is 1. The molecule has 0 spiro atoms. The number of anilines is 1. The Morgan fingerprint density at radius 2 is 2.25 bits per heavy atom. The lowest BCUT2D eigenvalue weighted by Crippen LogP contribution is -2.25. The van der Waals surface area contributed by atoms with Crippen LogP contribution in [0, 0.1) is 12.8 Å². The maximum absolute atomic E-state index is 12.0. The molecule has 1 aliphatic heterocycles. The molecule has 20 heavy (non-hydrogen) atoms. The van der Waals surface area contributed by atoms with Gasteiger partial charge in [0.15, 0.2) is 0 Å². The summed E-state index contributed by atoms with van der Waals surface area (Å²) in [6.45, 7) is 4.03. The van der Waals surface area contributed by atoms with Gasteiger partial charge in [-0.15, -0.1) is 0 Å². The highest BCUT2D eigenvalue weighted by molar-refractivity contribution is 6.04. The average Bonchev–Trinajstić information content (AvgIpc) is 2.96. The van der Waals surface area contributed by atoms with E-state index in [9.17, 15) is 14.4 Å². The number of rotatable bonds is 4. The first-order valence-corrected chi connectivity index (χ1v) is 6.45. The summed E-state index contributed by atoms with van der Waals surface area (Å²) in [5.41, 5.74) is 1.32. The topological polar surface area (TPSA) is 100 Å². The Morgan fingerprint density at radius 1 is 1.50 bits per heavy atom. The normalized spacial score (nSPS) is 17.7. The number of carbonyl (C=O) groups is 3. The second-order valence-corrected chi connectivity index (χ2v) is 4.62. The molecule has 3 N–H and O–H groups in total. The number of aromatic nitrogens is 1. The van der Waals surface area contributed by atoms with E-state index in [1.807, 2.05) is 0 Å². The molecular formula is C13H17N3O4. The molecule has 2 heterocycles. The van der Waals surface area contributed by atoms with E-state index in [4.69, 9.17) is 4.74 Å². The van der Waals surface area contributed by atoms with Crippen LogP contribution in [0.1, 0.15) is 29.4 Å². The fourth-order valence-electron chi connectivity index (χ4n) is 2.12. The Bertz CT molecular complexity index is 550. The van der Waals surface area contributed by atoms with Crippen LogP contribution in [-0.2, 0) is 14.3 Å². The fraction of sp³-hybridized carbons (Fsp3) is 0.462. The van der Waals surface area contributed by atoms with Gasteiger partial charge in [0.1, 0.15) is 5.56 Å². The van der Waals surface area contributed by atoms with Gasteiger partial charge in [-0.25, -0.2) is 4.79 Å². The van der Waals surface area contributed by atoms with Crippen molar-refractivity contribution in [3.05, 3.63) is 17.5 Å². The number of aromatic amines is 1. The Balaban J connectivity index is 2.11. The van der Waals surface area contributed by atoms with Gasteiger partial charge in [-0.3, -0.25) is 9.59 Å². The molecule has 7 nitrogen and oxygen atoms in total. The molecule has 2 amide bonds. The number of carbonyl (C=O) groups excluding carboxylic acids is 3. The molecule has 1 fully saturated rings. The predicted octanol–water partition coefficient (Wildman–Crippen LogP) is 0.574. The van der Waals surface area contributed by atoms with Crippen LogP contribution < -0.4 is 10.6 Å². The lowest BCUT2D eigenvalue weighted by Gasteiger charge is -2.10. The molecule has 1 saturated heterocycles. The fourth-order valence-corrected chi connectivity index (χ4v) is 2.12. The lowest BCUT2D eigenvalue weighted by atomic mass is 10.1. The highest BCUT2D eigenvalue weighted by atomic mass is 16.5.